The number of nitro groups is 1. The summed E-state index contributed by atoms with van der Waals surface area (Å²) in [5.74, 6) is 0.203. The van der Waals surface area contributed by atoms with Gasteiger partial charge in [-0.2, -0.15) is 5.10 Å². The SMILES string of the molecule is Cc1ccc(-c2ccccc2)n1-c1ccc(C(=O)N/N=C/c2cc(Br)ccc2OCc2ccc([N+](=O)[O-])cc2)cc1. The van der Waals surface area contributed by atoms with Crippen molar-refractivity contribution in [1.29, 1.82) is 0 Å². The molecule has 0 saturated heterocycles. The van der Waals surface area contributed by atoms with Crippen molar-refractivity contribution in [3.05, 3.63) is 146 Å². The van der Waals surface area contributed by atoms with Crippen LogP contribution in [0.1, 0.15) is 27.2 Å². The van der Waals surface area contributed by atoms with E-state index in [1.165, 1.54) is 18.3 Å². The van der Waals surface area contributed by atoms with E-state index in [4.69, 9.17) is 4.74 Å². The van der Waals surface area contributed by atoms with E-state index in [1.807, 2.05) is 49.4 Å². The molecule has 1 aromatic heterocycles. The van der Waals surface area contributed by atoms with Gasteiger partial charge in [0.05, 0.1) is 16.8 Å². The minimum absolute atomic E-state index is 0.0207. The van der Waals surface area contributed by atoms with Gasteiger partial charge in [0.25, 0.3) is 11.6 Å². The largest absolute Gasteiger partial charge is 0.488 e. The van der Waals surface area contributed by atoms with E-state index in [0.29, 0.717) is 16.9 Å². The molecule has 4 aromatic carbocycles. The number of non-ortho nitro benzene ring substituents is 1. The van der Waals surface area contributed by atoms with Crippen molar-refractivity contribution in [3.63, 3.8) is 0 Å². The summed E-state index contributed by atoms with van der Waals surface area (Å²) >= 11 is 3.45. The molecule has 1 heterocycles. The molecule has 0 unspecified atom stereocenters. The monoisotopic (exact) mass is 608 g/mol. The zero-order chi connectivity index (χ0) is 28.8. The predicted molar refractivity (Wildman–Crippen MR) is 163 cm³/mol. The second-order valence-electron chi connectivity index (χ2n) is 9.20. The minimum atomic E-state index is -0.443. The Labute approximate surface area is 245 Å². The Morgan fingerprint density at radius 3 is 2.41 bits per heavy atom. The van der Waals surface area contributed by atoms with Crippen molar-refractivity contribution in [1.82, 2.24) is 9.99 Å². The summed E-state index contributed by atoms with van der Waals surface area (Å²) in [4.78, 5) is 23.2. The third-order valence-corrected chi connectivity index (χ3v) is 6.91. The highest BCUT2D eigenvalue weighted by Gasteiger charge is 2.11. The molecule has 8 nitrogen and oxygen atoms in total. The maximum atomic E-state index is 12.8. The molecule has 0 spiro atoms. The fraction of sp³-hybridized carbons (Fsp3) is 0.0625. The second-order valence-corrected chi connectivity index (χ2v) is 10.1. The standard InChI is InChI=1S/C32H25BrN4O4/c1-22-7-17-30(24-5-3-2-4-6-24)36(22)28-15-10-25(11-16-28)32(38)35-34-20-26-19-27(33)12-18-31(26)41-21-23-8-13-29(14-9-23)37(39)40/h2-20H,21H2,1H3,(H,35,38)/b34-20+. The molecule has 5 aromatic rings. The molecule has 0 aliphatic heterocycles. The Kier molecular flexibility index (Phi) is 8.36. The molecule has 0 saturated carbocycles. The first-order chi connectivity index (χ1) is 19.9. The lowest BCUT2D eigenvalue weighted by molar-refractivity contribution is -0.384. The molecule has 0 bridgehead atoms. The smallest absolute Gasteiger partial charge is 0.271 e. The zero-order valence-electron chi connectivity index (χ0n) is 22.0. The molecule has 0 fully saturated rings. The Balaban J connectivity index is 1.25. The van der Waals surface area contributed by atoms with Crippen LogP contribution in [0.2, 0.25) is 0 Å². The number of hydrazone groups is 1. The molecule has 0 radical (unpaired) electrons. The van der Waals surface area contributed by atoms with Crippen LogP contribution in [0.4, 0.5) is 5.69 Å². The quantitative estimate of drug-likeness (QED) is 0.107. The fourth-order valence-electron chi connectivity index (χ4n) is 4.33. The van der Waals surface area contributed by atoms with Gasteiger partial charge in [-0.05, 0) is 84.8 Å². The fourth-order valence-corrected chi connectivity index (χ4v) is 4.71. The molecule has 9 heteroatoms. The normalized spacial score (nSPS) is 11.0. The Hall–Kier alpha value is -5.02. The van der Waals surface area contributed by atoms with Gasteiger partial charge in [-0.15, -0.1) is 0 Å². The molecule has 204 valence electrons. The summed E-state index contributed by atoms with van der Waals surface area (Å²) in [6.07, 6.45) is 1.51. The van der Waals surface area contributed by atoms with E-state index in [1.54, 1.807) is 30.3 Å². The number of halogens is 1. The lowest BCUT2D eigenvalue weighted by Crippen LogP contribution is -2.17. The number of aryl methyl sites for hydroxylation is 1. The first-order valence-corrected chi connectivity index (χ1v) is 13.5. The lowest BCUT2D eigenvalue weighted by Gasteiger charge is -2.13. The number of nitrogens with zero attached hydrogens (tertiary/aromatic N) is 3. The average molecular weight is 609 g/mol. The number of rotatable bonds is 9. The molecule has 0 aliphatic carbocycles. The van der Waals surface area contributed by atoms with Crippen LogP contribution >= 0.6 is 15.9 Å². The van der Waals surface area contributed by atoms with E-state index < -0.39 is 4.92 Å². The van der Waals surface area contributed by atoms with Crippen LogP contribution in [0.15, 0.2) is 119 Å². The van der Waals surface area contributed by atoms with Gasteiger partial charge in [0.15, 0.2) is 0 Å². The van der Waals surface area contributed by atoms with Crippen LogP contribution in [0.3, 0.4) is 0 Å². The van der Waals surface area contributed by atoms with Gasteiger partial charge in [-0.1, -0.05) is 46.3 Å². The van der Waals surface area contributed by atoms with Crippen LogP contribution < -0.4 is 10.2 Å². The van der Waals surface area contributed by atoms with Gasteiger partial charge in [-0.25, -0.2) is 5.43 Å². The number of carbonyl (C=O) groups excluding carboxylic acids is 1. The van der Waals surface area contributed by atoms with E-state index in [0.717, 1.165) is 32.7 Å². The van der Waals surface area contributed by atoms with Gasteiger partial charge >= 0.3 is 0 Å². The number of nitrogens with one attached hydrogen (secondary N) is 1. The van der Waals surface area contributed by atoms with Crippen molar-refractivity contribution in [2.75, 3.05) is 0 Å². The first kappa shape index (κ1) is 27.5. The van der Waals surface area contributed by atoms with E-state index in [2.05, 4.69) is 55.3 Å². The second kappa shape index (κ2) is 12.4. The average Bonchev–Trinajstić information content (AvgIpc) is 3.38. The number of hydrogen-bond acceptors (Lipinski definition) is 5. The van der Waals surface area contributed by atoms with Gasteiger partial charge < -0.3 is 9.30 Å². The Morgan fingerprint density at radius 2 is 1.71 bits per heavy atom. The van der Waals surface area contributed by atoms with Crippen LogP contribution in [-0.4, -0.2) is 21.6 Å². The lowest BCUT2D eigenvalue weighted by atomic mass is 10.1. The van der Waals surface area contributed by atoms with Crippen molar-refractivity contribution < 1.29 is 14.5 Å². The third kappa shape index (κ3) is 6.59. The van der Waals surface area contributed by atoms with E-state index >= 15 is 0 Å². The van der Waals surface area contributed by atoms with Crippen molar-refractivity contribution in [2.45, 2.75) is 13.5 Å². The van der Waals surface area contributed by atoms with Gasteiger partial charge in [0.1, 0.15) is 12.4 Å². The highest BCUT2D eigenvalue weighted by Crippen LogP contribution is 2.27. The number of benzene rings is 4. The summed E-state index contributed by atoms with van der Waals surface area (Å²) in [7, 11) is 0. The zero-order valence-corrected chi connectivity index (χ0v) is 23.6. The molecule has 0 atom stereocenters. The van der Waals surface area contributed by atoms with Gasteiger partial charge in [0, 0.05) is 39.1 Å². The maximum absolute atomic E-state index is 12.8. The Bertz CT molecular complexity index is 1710. The third-order valence-electron chi connectivity index (χ3n) is 6.42. The molecule has 1 amide bonds. The molecule has 0 aliphatic rings. The molecule has 41 heavy (non-hydrogen) atoms. The molecular weight excluding hydrogens is 584 g/mol. The molecular formula is C32H25BrN4O4. The van der Waals surface area contributed by atoms with Gasteiger partial charge in [0.2, 0.25) is 0 Å². The number of nitro benzene ring substituents is 1. The molecule has 5 rings (SSSR count). The Morgan fingerprint density at radius 1 is 0.976 bits per heavy atom. The first-order valence-electron chi connectivity index (χ1n) is 12.7. The van der Waals surface area contributed by atoms with Crippen molar-refractivity contribution in [2.24, 2.45) is 5.10 Å². The van der Waals surface area contributed by atoms with Crippen LogP contribution in [0, 0.1) is 17.0 Å². The topological polar surface area (TPSA) is 98.8 Å². The summed E-state index contributed by atoms with van der Waals surface area (Å²) in [6.45, 7) is 2.26. The maximum Gasteiger partial charge on any atom is 0.271 e. The number of amides is 1. The van der Waals surface area contributed by atoms with Gasteiger partial charge in [-0.3, -0.25) is 14.9 Å². The summed E-state index contributed by atoms with van der Waals surface area (Å²) in [5, 5.41) is 15.0. The minimum Gasteiger partial charge on any atom is -0.488 e. The van der Waals surface area contributed by atoms with E-state index in [9.17, 15) is 14.9 Å². The van der Waals surface area contributed by atoms with Crippen molar-refractivity contribution in [3.8, 4) is 22.7 Å². The van der Waals surface area contributed by atoms with Crippen LogP contribution in [-0.2, 0) is 6.61 Å². The number of ether oxygens (including phenoxy) is 1. The molecule has 1 N–H and O–H groups in total. The summed E-state index contributed by atoms with van der Waals surface area (Å²) in [5.41, 5.74) is 8.73. The van der Waals surface area contributed by atoms with Crippen LogP contribution in [0.25, 0.3) is 16.9 Å². The summed E-state index contributed by atoms with van der Waals surface area (Å²) < 4.78 is 8.90. The van der Waals surface area contributed by atoms with Crippen molar-refractivity contribution >= 4 is 33.7 Å². The number of aromatic nitrogens is 1. The number of hydrogen-bond donors (Lipinski definition) is 1. The van der Waals surface area contributed by atoms with E-state index in [-0.39, 0.29) is 18.2 Å². The highest BCUT2D eigenvalue weighted by molar-refractivity contribution is 9.10. The predicted octanol–water partition coefficient (Wildman–Crippen LogP) is 7.47. The van der Waals surface area contributed by atoms with Crippen LogP contribution in [0.5, 0.6) is 5.75 Å². The summed E-state index contributed by atoms with van der Waals surface area (Å²) in [6, 6.07) is 33.3. The number of carbonyl (C=O) groups is 1. The highest BCUT2D eigenvalue weighted by atomic mass is 79.9.